The fraction of sp³-hybridized carbons (Fsp3) is 0.208. The predicted octanol–water partition coefficient (Wildman–Crippen LogP) is 4.50. The molecule has 0 saturated carbocycles. The zero-order valence-corrected chi connectivity index (χ0v) is 19.9. The number of nitrogens with one attached hydrogen (secondary N) is 1. The number of sulfonamides is 1. The quantitative estimate of drug-likeness (QED) is 0.513. The number of methoxy groups -OCH3 is 1. The van der Waals surface area contributed by atoms with E-state index >= 15 is 0 Å². The van der Waals surface area contributed by atoms with Gasteiger partial charge in [0.2, 0.25) is 0 Å². The maximum atomic E-state index is 13.5. The number of amides is 1. The van der Waals surface area contributed by atoms with Gasteiger partial charge >= 0.3 is 6.36 Å². The van der Waals surface area contributed by atoms with Crippen LogP contribution in [0.25, 0.3) is 0 Å². The van der Waals surface area contributed by atoms with Gasteiger partial charge in [0.05, 0.1) is 24.2 Å². The third kappa shape index (κ3) is 5.48. The summed E-state index contributed by atoms with van der Waals surface area (Å²) in [6, 6.07) is 15.3. The Labute approximate surface area is 205 Å². The maximum absolute atomic E-state index is 13.5. The van der Waals surface area contributed by atoms with Gasteiger partial charge in [0.1, 0.15) is 17.2 Å². The van der Waals surface area contributed by atoms with Crippen LogP contribution in [0.3, 0.4) is 0 Å². The number of hydrogen-bond acceptors (Lipinski definition) is 6. The fourth-order valence-electron chi connectivity index (χ4n) is 3.56. The summed E-state index contributed by atoms with van der Waals surface area (Å²) in [5.41, 5.74) is 1.24. The van der Waals surface area contributed by atoms with Gasteiger partial charge < -0.3 is 19.5 Å². The number of carbonyl (C=O) groups excluding carboxylic acids is 1. The van der Waals surface area contributed by atoms with Gasteiger partial charge in [-0.05, 0) is 73.2 Å². The van der Waals surface area contributed by atoms with E-state index in [1.165, 1.54) is 43.5 Å². The molecule has 0 bridgehead atoms. The number of aryl methyl sites for hydroxylation is 1. The highest BCUT2D eigenvalue weighted by Crippen LogP contribution is 2.38. The molecule has 36 heavy (non-hydrogen) atoms. The molecule has 0 aromatic heterocycles. The Morgan fingerprint density at radius 2 is 1.67 bits per heavy atom. The molecule has 3 aromatic rings. The summed E-state index contributed by atoms with van der Waals surface area (Å²) < 4.78 is 79.9. The maximum Gasteiger partial charge on any atom is 0.573 e. The Hall–Kier alpha value is -3.93. The lowest BCUT2D eigenvalue weighted by molar-refractivity contribution is -0.274. The van der Waals surface area contributed by atoms with Crippen LogP contribution in [0.1, 0.15) is 5.56 Å². The number of alkyl halides is 3. The zero-order chi connectivity index (χ0) is 26.1. The summed E-state index contributed by atoms with van der Waals surface area (Å²) in [7, 11) is -2.62. The van der Waals surface area contributed by atoms with Crippen LogP contribution in [0.5, 0.6) is 17.2 Å². The number of fused-ring (bicyclic) bond motifs is 1. The predicted molar refractivity (Wildman–Crippen MR) is 125 cm³/mol. The second-order valence-electron chi connectivity index (χ2n) is 7.85. The summed E-state index contributed by atoms with van der Waals surface area (Å²) in [4.78, 5) is 13.0. The van der Waals surface area contributed by atoms with Crippen LogP contribution in [0.15, 0.2) is 71.6 Å². The first-order valence-corrected chi connectivity index (χ1v) is 12.0. The Morgan fingerprint density at radius 1 is 1.03 bits per heavy atom. The lowest BCUT2D eigenvalue weighted by Gasteiger charge is -2.35. The monoisotopic (exact) mass is 522 g/mol. The number of nitrogens with zero attached hydrogens (tertiary/aromatic N) is 1. The molecule has 1 N–H and O–H groups in total. The molecule has 12 heteroatoms. The summed E-state index contributed by atoms with van der Waals surface area (Å²) in [5.74, 6) is -0.444. The average Bonchev–Trinajstić information content (AvgIpc) is 2.83. The highest BCUT2D eigenvalue weighted by Gasteiger charge is 2.38. The molecule has 0 unspecified atom stereocenters. The van der Waals surface area contributed by atoms with E-state index in [-0.39, 0.29) is 28.6 Å². The van der Waals surface area contributed by atoms with Gasteiger partial charge in [0.15, 0.2) is 6.10 Å². The van der Waals surface area contributed by atoms with Gasteiger partial charge in [-0.3, -0.25) is 9.10 Å². The molecule has 1 amide bonds. The van der Waals surface area contributed by atoms with Crippen LogP contribution >= 0.6 is 0 Å². The Balaban J connectivity index is 1.59. The third-order valence-corrected chi connectivity index (χ3v) is 7.07. The molecule has 1 atom stereocenters. The van der Waals surface area contributed by atoms with E-state index in [9.17, 15) is 26.4 Å². The smallest absolute Gasteiger partial charge is 0.497 e. The van der Waals surface area contributed by atoms with Gasteiger partial charge in [0.25, 0.3) is 15.9 Å². The van der Waals surface area contributed by atoms with E-state index < -0.39 is 34.1 Å². The molecule has 8 nitrogen and oxygen atoms in total. The molecule has 190 valence electrons. The molecule has 0 radical (unpaired) electrons. The molecule has 0 spiro atoms. The third-order valence-electron chi connectivity index (χ3n) is 5.28. The van der Waals surface area contributed by atoms with Crippen LogP contribution in [-0.4, -0.2) is 40.4 Å². The summed E-state index contributed by atoms with van der Waals surface area (Å²) in [5, 5.41) is 2.54. The molecule has 1 aliphatic heterocycles. The Kier molecular flexibility index (Phi) is 6.72. The van der Waals surface area contributed by atoms with Crippen molar-refractivity contribution in [3.05, 3.63) is 72.3 Å². The summed E-state index contributed by atoms with van der Waals surface area (Å²) in [6.07, 6.45) is -6.08. The number of rotatable bonds is 6. The van der Waals surface area contributed by atoms with E-state index in [0.717, 1.165) is 22.0 Å². The Morgan fingerprint density at radius 3 is 2.28 bits per heavy atom. The van der Waals surface area contributed by atoms with Crippen molar-refractivity contribution in [3.63, 3.8) is 0 Å². The van der Waals surface area contributed by atoms with Crippen molar-refractivity contribution < 1.29 is 40.6 Å². The van der Waals surface area contributed by atoms with Crippen LogP contribution in [-0.2, 0) is 14.8 Å². The van der Waals surface area contributed by atoms with E-state index in [0.29, 0.717) is 5.75 Å². The van der Waals surface area contributed by atoms with Crippen molar-refractivity contribution in [1.82, 2.24) is 0 Å². The highest BCUT2D eigenvalue weighted by molar-refractivity contribution is 7.92. The summed E-state index contributed by atoms with van der Waals surface area (Å²) >= 11 is 0. The van der Waals surface area contributed by atoms with E-state index in [1.807, 2.05) is 0 Å². The van der Waals surface area contributed by atoms with E-state index in [1.54, 1.807) is 25.1 Å². The van der Waals surface area contributed by atoms with Gasteiger partial charge in [0, 0.05) is 5.69 Å². The second kappa shape index (κ2) is 9.61. The molecular weight excluding hydrogens is 501 g/mol. The van der Waals surface area contributed by atoms with Crippen molar-refractivity contribution >= 4 is 27.3 Å². The Bertz CT molecular complexity index is 1360. The van der Waals surface area contributed by atoms with Gasteiger partial charge in [-0.15, -0.1) is 13.2 Å². The number of anilines is 2. The molecule has 1 aliphatic rings. The highest BCUT2D eigenvalue weighted by atomic mass is 32.2. The van der Waals surface area contributed by atoms with E-state index in [4.69, 9.17) is 9.47 Å². The second-order valence-corrected chi connectivity index (χ2v) is 9.71. The SMILES string of the molecule is COc1ccc(S(=O)(=O)N2C[C@H](C(=O)Nc3ccc(OC(F)(F)F)cc3)Oc3cc(C)ccc32)cc1. The lowest BCUT2D eigenvalue weighted by atomic mass is 10.1. The molecule has 0 fully saturated rings. The number of halogens is 3. The van der Waals surface area contributed by atoms with Crippen molar-refractivity contribution in [2.45, 2.75) is 24.3 Å². The largest absolute Gasteiger partial charge is 0.573 e. The first kappa shape index (κ1) is 25.2. The van der Waals surface area contributed by atoms with Crippen molar-refractivity contribution in [3.8, 4) is 17.2 Å². The minimum absolute atomic E-state index is 0.00358. The van der Waals surface area contributed by atoms with Crippen molar-refractivity contribution in [2.24, 2.45) is 0 Å². The van der Waals surface area contributed by atoms with Crippen LogP contribution in [0.2, 0.25) is 0 Å². The van der Waals surface area contributed by atoms with Crippen LogP contribution in [0, 0.1) is 6.92 Å². The molecule has 1 heterocycles. The first-order chi connectivity index (χ1) is 17.0. The molecule has 0 saturated heterocycles. The van der Waals surface area contributed by atoms with Crippen molar-refractivity contribution in [2.75, 3.05) is 23.3 Å². The number of benzene rings is 3. The van der Waals surface area contributed by atoms with Gasteiger partial charge in [-0.25, -0.2) is 8.42 Å². The number of hydrogen-bond donors (Lipinski definition) is 1. The molecule has 0 aliphatic carbocycles. The van der Waals surface area contributed by atoms with Crippen molar-refractivity contribution in [1.29, 1.82) is 0 Å². The van der Waals surface area contributed by atoms with Crippen LogP contribution < -0.4 is 23.8 Å². The zero-order valence-electron chi connectivity index (χ0n) is 19.1. The summed E-state index contributed by atoms with van der Waals surface area (Å²) in [6.45, 7) is 1.46. The average molecular weight is 523 g/mol. The van der Waals surface area contributed by atoms with E-state index in [2.05, 4.69) is 10.1 Å². The molecule has 4 rings (SSSR count). The van der Waals surface area contributed by atoms with Gasteiger partial charge in [-0.1, -0.05) is 6.07 Å². The topological polar surface area (TPSA) is 94.2 Å². The minimum Gasteiger partial charge on any atom is -0.497 e. The molecular formula is C24H21F3N2O6S. The fourth-order valence-corrected chi connectivity index (χ4v) is 5.04. The number of carbonyl (C=O) groups is 1. The number of ether oxygens (including phenoxy) is 3. The minimum atomic E-state index is -4.84. The normalized spacial score (nSPS) is 15.5. The lowest BCUT2D eigenvalue weighted by Crippen LogP contribution is -2.48. The molecule has 3 aromatic carbocycles. The standard InChI is InChI=1S/C24H21F3N2O6S/c1-15-3-12-20-21(13-15)34-22(14-29(20)36(31,32)19-10-8-17(33-2)9-11-19)23(30)28-16-4-6-18(7-5-16)35-24(25,26)27/h3-13,22H,14H2,1-2H3,(H,28,30)/t22-/m1/s1. The van der Waals surface area contributed by atoms with Crippen LogP contribution in [0.4, 0.5) is 24.5 Å². The van der Waals surface area contributed by atoms with Gasteiger partial charge in [-0.2, -0.15) is 0 Å². The first-order valence-electron chi connectivity index (χ1n) is 10.6.